The van der Waals surface area contributed by atoms with Crippen LogP contribution in [0.5, 0.6) is 0 Å². The molecule has 3 aromatic rings. The van der Waals surface area contributed by atoms with E-state index in [0.717, 1.165) is 52.3 Å². The third-order valence-electron chi connectivity index (χ3n) is 7.72. The number of pyridine rings is 1. The van der Waals surface area contributed by atoms with Crippen molar-refractivity contribution in [1.82, 2.24) is 19.7 Å². The zero-order valence-corrected chi connectivity index (χ0v) is 18.8. The van der Waals surface area contributed by atoms with Crippen LogP contribution in [0.15, 0.2) is 53.9 Å². The van der Waals surface area contributed by atoms with Crippen molar-refractivity contribution in [3.63, 3.8) is 0 Å². The SMILES string of the molecule is C=C1C2=C(C=C3c4nc5cc6c(cc5c(-c5ccnn5C)c4CN13)CCC6)C(C)C(=O)OC2. The number of esters is 1. The lowest BCUT2D eigenvalue weighted by Crippen LogP contribution is -2.31. The maximum absolute atomic E-state index is 12.3. The Morgan fingerprint density at radius 2 is 2.03 bits per heavy atom. The highest BCUT2D eigenvalue weighted by atomic mass is 16.5. The van der Waals surface area contributed by atoms with Crippen LogP contribution in [-0.4, -0.2) is 32.2 Å². The van der Waals surface area contributed by atoms with Crippen molar-refractivity contribution in [2.75, 3.05) is 6.61 Å². The fraction of sp³-hybridized carbons (Fsp3) is 0.296. The summed E-state index contributed by atoms with van der Waals surface area (Å²) in [7, 11) is 1.99. The number of carbonyl (C=O) groups excluding carboxylic acids is 1. The molecule has 3 aliphatic heterocycles. The molecule has 0 N–H and O–H groups in total. The molecular weight excluding hydrogens is 412 g/mol. The fourth-order valence-corrected chi connectivity index (χ4v) is 5.92. The van der Waals surface area contributed by atoms with Crippen molar-refractivity contribution in [2.45, 2.75) is 32.7 Å². The van der Waals surface area contributed by atoms with Crippen LogP contribution in [0, 0.1) is 5.92 Å². The number of hydrogen-bond acceptors (Lipinski definition) is 5. The Labute approximate surface area is 191 Å². The minimum absolute atomic E-state index is 0.178. The van der Waals surface area contributed by atoms with Gasteiger partial charge in [-0.25, -0.2) is 4.98 Å². The van der Waals surface area contributed by atoms with Crippen LogP contribution in [-0.2, 0) is 36.0 Å². The Morgan fingerprint density at radius 1 is 1.21 bits per heavy atom. The smallest absolute Gasteiger partial charge is 0.313 e. The lowest BCUT2D eigenvalue weighted by atomic mass is 9.88. The highest BCUT2D eigenvalue weighted by Gasteiger charge is 2.39. The number of rotatable bonds is 1. The van der Waals surface area contributed by atoms with Gasteiger partial charge >= 0.3 is 5.97 Å². The van der Waals surface area contributed by atoms with Gasteiger partial charge in [0.25, 0.3) is 0 Å². The first-order valence-corrected chi connectivity index (χ1v) is 11.6. The molecule has 1 aliphatic carbocycles. The van der Waals surface area contributed by atoms with Crippen LogP contribution in [0.25, 0.3) is 27.9 Å². The number of cyclic esters (lactones) is 1. The number of hydrogen-bond donors (Lipinski definition) is 0. The topological polar surface area (TPSA) is 60.2 Å². The second-order valence-corrected chi connectivity index (χ2v) is 9.47. The van der Waals surface area contributed by atoms with Gasteiger partial charge in [-0.3, -0.25) is 9.48 Å². The Kier molecular flexibility index (Phi) is 3.68. The summed E-state index contributed by atoms with van der Waals surface area (Å²) in [6, 6.07) is 6.72. The van der Waals surface area contributed by atoms with E-state index < -0.39 is 0 Å². The van der Waals surface area contributed by atoms with Crippen LogP contribution in [0.1, 0.15) is 35.7 Å². The van der Waals surface area contributed by atoms with Crippen LogP contribution in [0.3, 0.4) is 0 Å². The predicted molar refractivity (Wildman–Crippen MR) is 126 cm³/mol. The largest absolute Gasteiger partial charge is 0.460 e. The van der Waals surface area contributed by atoms with E-state index >= 15 is 0 Å². The molecule has 1 atom stereocenters. The molecule has 4 aliphatic rings. The highest BCUT2D eigenvalue weighted by molar-refractivity contribution is 6.00. The van der Waals surface area contributed by atoms with Gasteiger partial charge in [0.1, 0.15) is 6.61 Å². The number of ether oxygens (including phenoxy) is 1. The first-order chi connectivity index (χ1) is 16.0. The molecule has 0 amide bonds. The molecule has 6 heteroatoms. The van der Waals surface area contributed by atoms with Gasteiger partial charge < -0.3 is 9.64 Å². The summed E-state index contributed by atoms with van der Waals surface area (Å²) in [5, 5.41) is 5.66. The van der Waals surface area contributed by atoms with E-state index in [1.54, 1.807) is 0 Å². The molecule has 0 fully saturated rings. The molecule has 6 nitrogen and oxygen atoms in total. The maximum atomic E-state index is 12.3. The van der Waals surface area contributed by atoms with Crippen molar-refractivity contribution in [2.24, 2.45) is 13.0 Å². The molecule has 0 saturated heterocycles. The van der Waals surface area contributed by atoms with Crippen LogP contribution < -0.4 is 0 Å². The molecule has 0 bridgehead atoms. The van der Waals surface area contributed by atoms with E-state index in [4.69, 9.17) is 9.72 Å². The van der Waals surface area contributed by atoms with E-state index in [1.807, 2.05) is 24.9 Å². The van der Waals surface area contributed by atoms with Crippen molar-refractivity contribution in [3.05, 3.63) is 76.3 Å². The lowest BCUT2D eigenvalue weighted by Gasteiger charge is -2.34. The van der Waals surface area contributed by atoms with E-state index in [-0.39, 0.29) is 18.5 Å². The second-order valence-electron chi connectivity index (χ2n) is 9.47. The number of allylic oxidation sites excluding steroid dienone is 1. The first-order valence-electron chi connectivity index (χ1n) is 11.6. The average molecular weight is 437 g/mol. The van der Waals surface area contributed by atoms with Gasteiger partial charge in [0.05, 0.1) is 35.1 Å². The Bertz CT molecular complexity index is 1490. The van der Waals surface area contributed by atoms with Gasteiger partial charge in [-0.1, -0.05) is 6.58 Å². The van der Waals surface area contributed by atoms with Crippen LogP contribution >= 0.6 is 0 Å². The van der Waals surface area contributed by atoms with Crippen LogP contribution in [0.4, 0.5) is 0 Å². The summed E-state index contributed by atoms with van der Waals surface area (Å²) in [4.78, 5) is 19.7. The standard InChI is InChI=1S/C27H24N4O2/c1-14-18-11-24-26-20(12-31(24)15(2)21(18)13-33-27(14)32)25(23-7-8-28-30(23)3)19-9-16-5-4-6-17(16)10-22(19)29-26/h7-11,14H,2,4-6,12-13H2,1,3H3. The summed E-state index contributed by atoms with van der Waals surface area (Å²) in [5.74, 6) is -0.479. The summed E-state index contributed by atoms with van der Waals surface area (Å²) in [5.41, 5.74) is 12.3. The summed E-state index contributed by atoms with van der Waals surface area (Å²) in [6.07, 6.45) is 7.44. The summed E-state index contributed by atoms with van der Waals surface area (Å²) < 4.78 is 7.37. The quantitative estimate of drug-likeness (QED) is 0.533. The number of benzene rings is 1. The van der Waals surface area contributed by atoms with Crippen LogP contribution in [0.2, 0.25) is 0 Å². The molecule has 0 saturated carbocycles. The normalized spacial score (nSPS) is 21.1. The minimum atomic E-state index is -0.301. The number of aryl methyl sites for hydroxylation is 3. The first kappa shape index (κ1) is 18.9. The van der Waals surface area contributed by atoms with Crippen molar-refractivity contribution in [1.29, 1.82) is 0 Å². The Morgan fingerprint density at radius 3 is 2.82 bits per heavy atom. The van der Waals surface area contributed by atoms with Gasteiger partial charge in [0, 0.05) is 41.0 Å². The second kappa shape index (κ2) is 6.44. The molecular formula is C27H24N4O2. The Hall–Kier alpha value is -3.67. The number of aromatic nitrogens is 3. The zero-order valence-electron chi connectivity index (χ0n) is 18.8. The minimum Gasteiger partial charge on any atom is -0.460 e. The predicted octanol–water partition coefficient (Wildman–Crippen LogP) is 4.30. The van der Waals surface area contributed by atoms with Crippen molar-refractivity contribution < 1.29 is 9.53 Å². The van der Waals surface area contributed by atoms with Gasteiger partial charge in [-0.05, 0) is 67.2 Å². The number of nitrogens with zero attached hydrogens (tertiary/aromatic N) is 4. The molecule has 1 unspecified atom stereocenters. The fourth-order valence-electron chi connectivity index (χ4n) is 5.92. The number of fused-ring (bicyclic) bond motifs is 5. The summed E-state index contributed by atoms with van der Waals surface area (Å²) >= 11 is 0. The van der Waals surface area contributed by atoms with Crippen molar-refractivity contribution >= 4 is 22.6 Å². The molecule has 33 heavy (non-hydrogen) atoms. The molecule has 2 aromatic heterocycles. The van der Waals surface area contributed by atoms with E-state index in [9.17, 15) is 4.79 Å². The van der Waals surface area contributed by atoms with E-state index in [2.05, 4.69) is 40.9 Å². The number of carbonyl (C=O) groups is 1. The molecule has 1 aromatic carbocycles. The molecule has 7 rings (SSSR count). The monoisotopic (exact) mass is 436 g/mol. The highest BCUT2D eigenvalue weighted by Crippen LogP contribution is 2.48. The van der Waals surface area contributed by atoms with Gasteiger partial charge in [0.15, 0.2) is 0 Å². The van der Waals surface area contributed by atoms with Gasteiger partial charge in [-0.15, -0.1) is 0 Å². The molecule has 0 radical (unpaired) electrons. The van der Waals surface area contributed by atoms with Gasteiger partial charge in [-0.2, -0.15) is 5.10 Å². The Balaban J connectivity index is 1.53. The molecule has 0 spiro atoms. The zero-order chi connectivity index (χ0) is 22.4. The molecule has 164 valence electrons. The van der Waals surface area contributed by atoms with E-state index in [1.165, 1.54) is 34.1 Å². The van der Waals surface area contributed by atoms with Gasteiger partial charge in [0.2, 0.25) is 0 Å². The maximum Gasteiger partial charge on any atom is 0.313 e. The van der Waals surface area contributed by atoms with Crippen molar-refractivity contribution in [3.8, 4) is 11.3 Å². The third-order valence-corrected chi connectivity index (χ3v) is 7.72. The average Bonchev–Trinajstić information content (AvgIpc) is 3.52. The lowest BCUT2D eigenvalue weighted by molar-refractivity contribution is -0.146. The summed E-state index contributed by atoms with van der Waals surface area (Å²) in [6.45, 7) is 7.29. The molecule has 5 heterocycles. The van der Waals surface area contributed by atoms with E-state index in [0.29, 0.717) is 6.54 Å². The third kappa shape index (κ3) is 2.46.